The maximum absolute atomic E-state index is 13.4. The van der Waals surface area contributed by atoms with Crippen molar-refractivity contribution in [2.75, 3.05) is 31.1 Å². The van der Waals surface area contributed by atoms with E-state index in [-0.39, 0.29) is 17.6 Å². The van der Waals surface area contributed by atoms with Gasteiger partial charge in [-0.25, -0.2) is 4.39 Å². The smallest absolute Gasteiger partial charge is 0.251 e. The molecule has 1 fully saturated rings. The number of nitrogens with one attached hydrogen (secondary N) is 1. The summed E-state index contributed by atoms with van der Waals surface area (Å²) in [5.74, 6) is -0.609. The fraction of sp³-hybridized carbons (Fsp3) is 0.231. The lowest BCUT2D eigenvalue weighted by Crippen LogP contribution is -2.55. The lowest BCUT2D eigenvalue weighted by Gasteiger charge is -2.37. The molecule has 1 heterocycles. The minimum atomic E-state index is -0.650. The van der Waals surface area contributed by atoms with Gasteiger partial charge in [-0.1, -0.05) is 48.5 Å². The number of rotatable bonds is 6. The highest BCUT2D eigenvalue weighted by atomic mass is 19.1. The third kappa shape index (κ3) is 5.32. The van der Waals surface area contributed by atoms with Crippen LogP contribution >= 0.6 is 0 Å². The van der Waals surface area contributed by atoms with E-state index in [1.165, 1.54) is 12.1 Å². The molecule has 1 aliphatic heterocycles. The summed E-state index contributed by atoms with van der Waals surface area (Å²) in [4.78, 5) is 30.1. The number of anilines is 1. The zero-order chi connectivity index (χ0) is 22.3. The van der Waals surface area contributed by atoms with Crippen LogP contribution in [0.15, 0.2) is 84.9 Å². The monoisotopic (exact) mass is 431 g/mol. The highest BCUT2D eigenvalue weighted by Gasteiger charge is 2.29. The molecule has 1 atom stereocenters. The molecule has 1 aliphatic rings. The standard InChI is InChI=1S/C26H26FN3O2/c27-22-11-13-23(14-12-22)29-15-17-30(18-16-29)26(32)24(19-20-7-3-1-4-8-20)28-25(31)21-9-5-2-6-10-21/h1-14,24H,15-19H2,(H,28,31). The summed E-state index contributed by atoms with van der Waals surface area (Å²) in [5.41, 5.74) is 2.46. The van der Waals surface area contributed by atoms with Gasteiger partial charge in [-0.15, -0.1) is 0 Å². The van der Waals surface area contributed by atoms with Gasteiger partial charge in [-0.05, 0) is 42.0 Å². The molecule has 4 rings (SSSR count). The highest BCUT2D eigenvalue weighted by Crippen LogP contribution is 2.18. The second kappa shape index (κ2) is 10.1. The molecule has 1 saturated heterocycles. The molecule has 0 saturated carbocycles. The van der Waals surface area contributed by atoms with Crippen molar-refractivity contribution in [1.82, 2.24) is 10.2 Å². The fourth-order valence-electron chi connectivity index (χ4n) is 3.94. The molecule has 5 nitrogen and oxygen atoms in total. The van der Waals surface area contributed by atoms with Gasteiger partial charge >= 0.3 is 0 Å². The van der Waals surface area contributed by atoms with E-state index in [2.05, 4.69) is 10.2 Å². The largest absolute Gasteiger partial charge is 0.368 e. The van der Waals surface area contributed by atoms with Gasteiger partial charge in [0.25, 0.3) is 5.91 Å². The quantitative estimate of drug-likeness (QED) is 0.650. The number of piperazine rings is 1. The average molecular weight is 432 g/mol. The van der Waals surface area contributed by atoms with Crippen LogP contribution in [0.25, 0.3) is 0 Å². The molecule has 1 N–H and O–H groups in total. The molecule has 0 bridgehead atoms. The third-order valence-electron chi connectivity index (χ3n) is 5.71. The van der Waals surface area contributed by atoms with E-state index in [9.17, 15) is 14.0 Å². The average Bonchev–Trinajstić information content (AvgIpc) is 2.85. The van der Waals surface area contributed by atoms with Gasteiger partial charge in [-0.2, -0.15) is 0 Å². The van der Waals surface area contributed by atoms with Crippen LogP contribution in [0.4, 0.5) is 10.1 Å². The molecule has 3 aromatic rings. The Kier molecular flexibility index (Phi) is 6.80. The Bertz CT molecular complexity index is 1030. The summed E-state index contributed by atoms with van der Waals surface area (Å²) in [6, 6.07) is 24.4. The number of hydrogen-bond donors (Lipinski definition) is 1. The minimum Gasteiger partial charge on any atom is -0.368 e. The van der Waals surface area contributed by atoms with Crippen LogP contribution in [0.1, 0.15) is 15.9 Å². The first kappa shape index (κ1) is 21.6. The van der Waals surface area contributed by atoms with Gasteiger partial charge in [0.1, 0.15) is 11.9 Å². The first-order valence-corrected chi connectivity index (χ1v) is 10.8. The molecule has 0 aromatic heterocycles. The van der Waals surface area contributed by atoms with E-state index in [0.29, 0.717) is 38.2 Å². The van der Waals surface area contributed by atoms with E-state index in [1.54, 1.807) is 41.3 Å². The Morgan fingerprint density at radius 2 is 1.41 bits per heavy atom. The Labute approximate surface area is 187 Å². The number of hydrogen-bond acceptors (Lipinski definition) is 3. The summed E-state index contributed by atoms with van der Waals surface area (Å²) in [6.45, 7) is 2.40. The molecule has 0 spiro atoms. The van der Waals surface area contributed by atoms with Crippen molar-refractivity contribution in [1.29, 1.82) is 0 Å². The first-order valence-electron chi connectivity index (χ1n) is 10.8. The van der Waals surface area contributed by atoms with Gasteiger partial charge in [0, 0.05) is 43.9 Å². The van der Waals surface area contributed by atoms with Crippen molar-refractivity contribution in [3.8, 4) is 0 Å². The van der Waals surface area contributed by atoms with Crippen LogP contribution in [0.5, 0.6) is 0 Å². The van der Waals surface area contributed by atoms with Gasteiger partial charge in [0.2, 0.25) is 5.91 Å². The number of benzene rings is 3. The van der Waals surface area contributed by atoms with Crippen LogP contribution in [0.3, 0.4) is 0 Å². The molecule has 0 aliphatic carbocycles. The summed E-state index contributed by atoms with van der Waals surface area (Å²) in [7, 11) is 0. The van der Waals surface area contributed by atoms with Crippen LogP contribution < -0.4 is 10.2 Å². The minimum absolute atomic E-state index is 0.0862. The number of carbonyl (C=O) groups is 2. The predicted molar refractivity (Wildman–Crippen MR) is 123 cm³/mol. The van der Waals surface area contributed by atoms with Crippen molar-refractivity contribution >= 4 is 17.5 Å². The van der Waals surface area contributed by atoms with E-state index in [0.717, 1.165) is 11.3 Å². The second-order valence-corrected chi connectivity index (χ2v) is 7.87. The van der Waals surface area contributed by atoms with Crippen LogP contribution in [-0.2, 0) is 11.2 Å². The SMILES string of the molecule is O=C(NC(Cc1ccccc1)C(=O)N1CCN(c2ccc(F)cc2)CC1)c1ccccc1. The Hall–Kier alpha value is -3.67. The zero-order valence-corrected chi connectivity index (χ0v) is 17.8. The molecule has 0 radical (unpaired) electrons. The lowest BCUT2D eigenvalue weighted by molar-refractivity contribution is -0.133. The Morgan fingerprint density at radius 1 is 0.812 bits per heavy atom. The molecule has 2 amide bonds. The number of carbonyl (C=O) groups excluding carboxylic acids is 2. The molecule has 164 valence electrons. The molecule has 6 heteroatoms. The molecule has 32 heavy (non-hydrogen) atoms. The van der Waals surface area contributed by atoms with Crippen molar-refractivity contribution < 1.29 is 14.0 Å². The molecular formula is C26H26FN3O2. The maximum atomic E-state index is 13.4. The summed E-state index contributed by atoms with van der Waals surface area (Å²) >= 11 is 0. The zero-order valence-electron chi connectivity index (χ0n) is 17.8. The van der Waals surface area contributed by atoms with E-state index < -0.39 is 6.04 Å². The van der Waals surface area contributed by atoms with Crippen LogP contribution in [0.2, 0.25) is 0 Å². The molecule has 1 unspecified atom stereocenters. The lowest BCUT2D eigenvalue weighted by atomic mass is 10.0. The topological polar surface area (TPSA) is 52.7 Å². The van der Waals surface area contributed by atoms with Crippen molar-refractivity contribution in [3.05, 3.63) is 102 Å². The number of amides is 2. The number of halogens is 1. The van der Waals surface area contributed by atoms with E-state index >= 15 is 0 Å². The second-order valence-electron chi connectivity index (χ2n) is 7.87. The van der Waals surface area contributed by atoms with Gasteiger partial charge < -0.3 is 15.1 Å². The van der Waals surface area contributed by atoms with Gasteiger partial charge in [-0.3, -0.25) is 9.59 Å². The van der Waals surface area contributed by atoms with Gasteiger partial charge in [0.05, 0.1) is 0 Å². The first-order chi connectivity index (χ1) is 15.6. The predicted octanol–water partition coefficient (Wildman–Crippen LogP) is 3.52. The Balaban J connectivity index is 1.44. The van der Waals surface area contributed by atoms with Crippen LogP contribution in [0, 0.1) is 5.82 Å². The maximum Gasteiger partial charge on any atom is 0.251 e. The highest BCUT2D eigenvalue weighted by molar-refractivity contribution is 5.97. The Morgan fingerprint density at radius 3 is 2.03 bits per heavy atom. The third-order valence-corrected chi connectivity index (χ3v) is 5.71. The summed E-state index contributed by atoms with van der Waals surface area (Å²) in [6.07, 6.45) is 0.427. The van der Waals surface area contributed by atoms with Gasteiger partial charge in [0.15, 0.2) is 0 Å². The van der Waals surface area contributed by atoms with Crippen molar-refractivity contribution in [3.63, 3.8) is 0 Å². The summed E-state index contributed by atoms with van der Waals surface area (Å²) < 4.78 is 13.2. The molecule has 3 aromatic carbocycles. The summed E-state index contributed by atoms with van der Waals surface area (Å²) in [5, 5.41) is 2.94. The normalized spacial score (nSPS) is 14.7. The van der Waals surface area contributed by atoms with E-state index in [1.807, 2.05) is 36.4 Å². The van der Waals surface area contributed by atoms with E-state index in [4.69, 9.17) is 0 Å². The van der Waals surface area contributed by atoms with Crippen molar-refractivity contribution in [2.45, 2.75) is 12.5 Å². The van der Waals surface area contributed by atoms with Crippen molar-refractivity contribution in [2.24, 2.45) is 0 Å². The fourth-order valence-corrected chi connectivity index (χ4v) is 3.94. The molecular weight excluding hydrogens is 405 g/mol. The number of nitrogens with zero attached hydrogens (tertiary/aromatic N) is 2. The van der Waals surface area contributed by atoms with Crippen LogP contribution in [-0.4, -0.2) is 48.9 Å².